The van der Waals surface area contributed by atoms with Crippen molar-refractivity contribution < 1.29 is 4.79 Å². The van der Waals surface area contributed by atoms with Crippen LogP contribution in [-0.2, 0) is 17.6 Å². The minimum atomic E-state index is 0.116. The van der Waals surface area contributed by atoms with E-state index in [0.29, 0.717) is 13.0 Å². The maximum atomic E-state index is 11.9. The molecule has 0 aliphatic rings. The van der Waals surface area contributed by atoms with Crippen molar-refractivity contribution in [2.75, 3.05) is 6.54 Å². The smallest absolute Gasteiger partial charge is 0.220 e. The Kier molecular flexibility index (Phi) is 6.53. The van der Waals surface area contributed by atoms with Crippen molar-refractivity contribution in [2.45, 2.75) is 32.1 Å². The van der Waals surface area contributed by atoms with E-state index < -0.39 is 0 Å². The molecule has 0 aliphatic carbocycles. The molecule has 1 aromatic heterocycles. The standard InChI is InChI=1S/C21H24N4O/c26-21(22-16-15-18-9-3-1-4-10-18)14-8-7-13-20-24-23-17-25(20)19-11-5-2-6-12-19/h1-6,9-12,17H,7-8,13-16H2,(H,22,26). The Morgan fingerprint density at radius 1 is 0.923 bits per heavy atom. The van der Waals surface area contributed by atoms with Gasteiger partial charge in [0, 0.05) is 25.1 Å². The van der Waals surface area contributed by atoms with Gasteiger partial charge < -0.3 is 5.32 Å². The minimum absolute atomic E-state index is 0.116. The van der Waals surface area contributed by atoms with Crippen LogP contribution >= 0.6 is 0 Å². The summed E-state index contributed by atoms with van der Waals surface area (Å²) in [6.07, 6.45) is 5.73. The van der Waals surface area contributed by atoms with Gasteiger partial charge in [0.05, 0.1) is 0 Å². The van der Waals surface area contributed by atoms with Crippen molar-refractivity contribution in [1.82, 2.24) is 20.1 Å². The largest absolute Gasteiger partial charge is 0.356 e. The number of hydrogen-bond acceptors (Lipinski definition) is 3. The molecule has 1 heterocycles. The number of nitrogens with zero attached hydrogens (tertiary/aromatic N) is 3. The zero-order valence-corrected chi connectivity index (χ0v) is 14.8. The van der Waals surface area contributed by atoms with Gasteiger partial charge in [-0.25, -0.2) is 0 Å². The molecule has 5 heteroatoms. The zero-order chi connectivity index (χ0) is 18.0. The highest BCUT2D eigenvalue weighted by Crippen LogP contribution is 2.11. The summed E-state index contributed by atoms with van der Waals surface area (Å²) in [7, 11) is 0. The third-order valence-electron chi connectivity index (χ3n) is 4.29. The molecule has 0 radical (unpaired) electrons. The number of hydrogen-bond donors (Lipinski definition) is 1. The van der Waals surface area contributed by atoms with Crippen LogP contribution in [-0.4, -0.2) is 27.2 Å². The van der Waals surface area contributed by atoms with E-state index >= 15 is 0 Å². The van der Waals surface area contributed by atoms with Gasteiger partial charge in [0.25, 0.3) is 0 Å². The number of aryl methyl sites for hydroxylation is 1. The molecule has 134 valence electrons. The lowest BCUT2D eigenvalue weighted by atomic mass is 10.1. The molecule has 0 saturated heterocycles. The third kappa shape index (κ3) is 5.28. The van der Waals surface area contributed by atoms with E-state index in [1.165, 1.54) is 5.56 Å². The molecular formula is C21H24N4O. The Morgan fingerprint density at radius 2 is 1.65 bits per heavy atom. The molecule has 5 nitrogen and oxygen atoms in total. The lowest BCUT2D eigenvalue weighted by molar-refractivity contribution is -0.121. The van der Waals surface area contributed by atoms with Gasteiger partial charge in [0.2, 0.25) is 5.91 Å². The Balaban J connectivity index is 1.36. The van der Waals surface area contributed by atoms with Crippen LogP contribution in [0.15, 0.2) is 67.0 Å². The number of carbonyl (C=O) groups excluding carboxylic acids is 1. The molecule has 0 spiro atoms. The number of nitrogens with one attached hydrogen (secondary N) is 1. The van der Waals surface area contributed by atoms with E-state index in [-0.39, 0.29) is 5.91 Å². The van der Waals surface area contributed by atoms with Crippen LogP contribution < -0.4 is 5.32 Å². The Morgan fingerprint density at radius 3 is 2.42 bits per heavy atom. The number of rotatable bonds is 9. The third-order valence-corrected chi connectivity index (χ3v) is 4.29. The van der Waals surface area contributed by atoms with E-state index in [0.717, 1.165) is 37.2 Å². The second kappa shape index (κ2) is 9.51. The lowest BCUT2D eigenvalue weighted by Crippen LogP contribution is -2.25. The van der Waals surface area contributed by atoms with Crippen LogP contribution in [0.3, 0.4) is 0 Å². The molecule has 0 aliphatic heterocycles. The van der Waals surface area contributed by atoms with Crippen LogP contribution in [0.1, 0.15) is 30.7 Å². The van der Waals surface area contributed by atoms with Crippen LogP contribution in [0.25, 0.3) is 5.69 Å². The highest BCUT2D eigenvalue weighted by atomic mass is 16.1. The van der Waals surface area contributed by atoms with Crippen LogP contribution in [0.4, 0.5) is 0 Å². The van der Waals surface area contributed by atoms with Crippen LogP contribution in [0, 0.1) is 0 Å². The summed E-state index contributed by atoms with van der Waals surface area (Å²) in [6, 6.07) is 20.3. The molecule has 0 bridgehead atoms. The Bertz CT molecular complexity index is 799. The van der Waals surface area contributed by atoms with Crippen molar-refractivity contribution in [3.8, 4) is 5.69 Å². The number of unbranched alkanes of at least 4 members (excludes halogenated alkanes) is 1. The summed E-state index contributed by atoms with van der Waals surface area (Å²) in [6.45, 7) is 0.686. The molecule has 0 saturated carbocycles. The van der Waals surface area contributed by atoms with Crippen molar-refractivity contribution in [3.63, 3.8) is 0 Å². The number of carbonyl (C=O) groups is 1. The fourth-order valence-corrected chi connectivity index (χ4v) is 2.88. The quantitative estimate of drug-likeness (QED) is 0.603. The summed E-state index contributed by atoms with van der Waals surface area (Å²) in [4.78, 5) is 11.9. The highest BCUT2D eigenvalue weighted by Gasteiger charge is 2.07. The van der Waals surface area contributed by atoms with Crippen LogP contribution in [0.5, 0.6) is 0 Å². The fraction of sp³-hybridized carbons (Fsp3) is 0.286. The normalized spacial score (nSPS) is 10.6. The molecule has 0 fully saturated rings. The molecular weight excluding hydrogens is 324 g/mol. The first-order chi connectivity index (χ1) is 12.8. The monoisotopic (exact) mass is 348 g/mol. The summed E-state index contributed by atoms with van der Waals surface area (Å²) in [5.74, 6) is 1.05. The Labute approximate surface area is 154 Å². The maximum Gasteiger partial charge on any atom is 0.220 e. The Hall–Kier alpha value is -2.95. The van der Waals surface area contributed by atoms with Crippen LogP contribution in [0.2, 0.25) is 0 Å². The molecule has 3 rings (SSSR count). The second-order valence-electron chi connectivity index (χ2n) is 6.25. The number of aromatic nitrogens is 3. The van der Waals surface area contributed by atoms with E-state index in [4.69, 9.17) is 0 Å². The summed E-state index contributed by atoms with van der Waals surface area (Å²) >= 11 is 0. The van der Waals surface area contributed by atoms with E-state index in [2.05, 4.69) is 27.6 Å². The van der Waals surface area contributed by atoms with Crippen molar-refractivity contribution in [1.29, 1.82) is 0 Å². The van der Waals surface area contributed by atoms with Crippen molar-refractivity contribution in [2.24, 2.45) is 0 Å². The van der Waals surface area contributed by atoms with Gasteiger partial charge in [0.15, 0.2) is 0 Å². The zero-order valence-electron chi connectivity index (χ0n) is 14.8. The SMILES string of the molecule is O=C(CCCCc1nncn1-c1ccccc1)NCCc1ccccc1. The van der Waals surface area contributed by atoms with Crippen molar-refractivity contribution >= 4 is 5.91 Å². The molecule has 3 aromatic rings. The van der Waals surface area contributed by atoms with Gasteiger partial charge in [0.1, 0.15) is 12.2 Å². The minimum Gasteiger partial charge on any atom is -0.356 e. The van der Waals surface area contributed by atoms with Gasteiger partial charge in [-0.2, -0.15) is 0 Å². The molecule has 0 unspecified atom stereocenters. The average molecular weight is 348 g/mol. The van der Waals surface area contributed by atoms with Crippen molar-refractivity contribution in [3.05, 3.63) is 78.4 Å². The first-order valence-corrected chi connectivity index (χ1v) is 9.08. The molecule has 1 N–H and O–H groups in total. The number of para-hydroxylation sites is 1. The van der Waals surface area contributed by atoms with E-state index in [1.807, 2.05) is 53.1 Å². The summed E-state index contributed by atoms with van der Waals surface area (Å²) < 4.78 is 2.00. The second-order valence-corrected chi connectivity index (χ2v) is 6.25. The summed E-state index contributed by atoms with van der Waals surface area (Å²) in [5, 5.41) is 11.2. The lowest BCUT2D eigenvalue weighted by Gasteiger charge is -2.07. The van der Waals surface area contributed by atoms with Gasteiger partial charge >= 0.3 is 0 Å². The predicted octanol–water partition coefficient (Wildman–Crippen LogP) is 3.34. The molecule has 26 heavy (non-hydrogen) atoms. The average Bonchev–Trinajstić information content (AvgIpc) is 3.15. The molecule has 1 amide bonds. The molecule has 2 aromatic carbocycles. The topological polar surface area (TPSA) is 59.8 Å². The first-order valence-electron chi connectivity index (χ1n) is 9.08. The van der Waals surface area contributed by atoms with Gasteiger partial charge in [-0.15, -0.1) is 10.2 Å². The molecule has 0 atom stereocenters. The van der Waals surface area contributed by atoms with Gasteiger partial charge in [-0.3, -0.25) is 9.36 Å². The van der Waals surface area contributed by atoms with Gasteiger partial charge in [-0.05, 0) is 37.0 Å². The number of benzene rings is 2. The van der Waals surface area contributed by atoms with Gasteiger partial charge in [-0.1, -0.05) is 48.5 Å². The van der Waals surface area contributed by atoms with E-state index in [9.17, 15) is 4.79 Å². The number of amides is 1. The summed E-state index contributed by atoms with van der Waals surface area (Å²) in [5.41, 5.74) is 2.30. The fourth-order valence-electron chi connectivity index (χ4n) is 2.88. The van der Waals surface area contributed by atoms with E-state index in [1.54, 1.807) is 6.33 Å². The predicted molar refractivity (Wildman–Crippen MR) is 102 cm³/mol. The highest BCUT2D eigenvalue weighted by molar-refractivity contribution is 5.75. The first kappa shape index (κ1) is 17.9. The maximum absolute atomic E-state index is 11.9.